The smallest absolute Gasteiger partial charge is 0.237 e. The normalized spacial score (nSPS) is 13.2. The highest BCUT2D eigenvalue weighted by atomic mass is 32.2. The summed E-state index contributed by atoms with van der Waals surface area (Å²) in [5.41, 5.74) is 3.90. The molecule has 124 valence electrons. The second kappa shape index (κ2) is 7.08. The lowest BCUT2D eigenvalue weighted by molar-refractivity contribution is 0.391. The molecule has 0 saturated carbocycles. The first-order valence-corrected chi connectivity index (χ1v) is 9.26. The average molecular weight is 348 g/mol. The number of aryl methyl sites for hydroxylation is 2. The molecule has 1 aliphatic rings. The van der Waals surface area contributed by atoms with Gasteiger partial charge in [-0.1, -0.05) is 47.3 Å². The van der Waals surface area contributed by atoms with Crippen molar-refractivity contribution in [2.75, 3.05) is 0 Å². The summed E-state index contributed by atoms with van der Waals surface area (Å²) in [6.45, 7) is 0. The third-order valence-electron chi connectivity index (χ3n) is 4.22. The van der Waals surface area contributed by atoms with E-state index in [1.54, 1.807) is 0 Å². The quantitative estimate of drug-likeness (QED) is 0.659. The van der Waals surface area contributed by atoms with Gasteiger partial charge < -0.3 is 4.52 Å². The zero-order valence-electron chi connectivity index (χ0n) is 13.6. The Morgan fingerprint density at radius 1 is 1.12 bits per heavy atom. The van der Waals surface area contributed by atoms with Crippen LogP contribution in [0, 0.1) is 11.3 Å². The SMILES string of the molecule is N#Cc1cc2c(nc1SCc1nc(-c3ccccc3)no1)CCCC2. The molecule has 25 heavy (non-hydrogen) atoms. The van der Waals surface area contributed by atoms with Gasteiger partial charge in [0.15, 0.2) is 0 Å². The Balaban J connectivity index is 1.52. The summed E-state index contributed by atoms with van der Waals surface area (Å²) >= 11 is 1.48. The van der Waals surface area contributed by atoms with E-state index in [9.17, 15) is 5.26 Å². The van der Waals surface area contributed by atoms with Crippen LogP contribution in [-0.4, -0.2) is 15.1 Å². The van der Waals surface area contributed by atoms with E-state index in [4.69, 9.17) is 9.51 Å². The van der Waals surface area contributed by atoms with E-state index in [1.165, 1.54) is 30.2 Å². The summed E-state index contributed by atoms with van der Waals surface area (Å²) in [7, 11) is 0. The van der Waals surface area contributed by atoms with Gasteiger partial charge in [0.25, 0.3) is 0 Å². The van der Waals surface area contributed by atoms with Gasteiger partial charge in [-0.05, 0) is 37.3 Å². The van der Waals surface area contributed by atoms with Gasteiger partial charge in [-0.15, -0.1) is 0 Å². The predicted molar refractivity (Wildman–Crippen MR) is 94.9 cm³/mol. The molecule has 0 aliphatic heterocycles. The Labute approximate surface area is 150 Å². The summed E-state index contributed by atoms with van der Waals surface area (Å²) in [6, 6.07) is 14.0. The maximum atomic E-state index is 9.42. The zero-order chi connectivity index (χ0) is 17.1. The number of hydrogen-bond acceptors (Lipinski definition) is 6. The topological polar surface area (TPSA) is 75.6 Å². The number of fused-ring (bicyclic) bond motifs is 1. The van der Waals surface area contributed by atoms with Gasteiger partial charge in [-0.3, -0.25) is 0 Å². The van der Waals surface area contributed by atoms with E-state index in [0.29, 0.717) is 23.0 Å². The summed E-state index contributed by atoms with van der Waals surface area (Å²) in [4.78, 5) is 9.14. The predicted octanol–water partition coefficient (Wildman–Crippen LogP) is 4.17. The lowest BCUT2D eigenvalue weighted by atomic mass is 9.95. The molecule has 0 unspecified atom stereocenters. The molecule has 4 rings (SSSR count). The Bertz CT molecular complexity index is 930. The molecular weight excluding hydrogens is 332 g/mol. The largest absolute Gasteiger partial charge is 0.338 e. The number of aromatic nitrogens is 3. The summed E-state index contributed by atoms with van der Waals surface area (Å²) in [5.74, 6) is 1.61. The molecule has 5 nitrogen and oxygen atoms in total. The van der Waals surface area contributed by atoms with E-state index in [1.807, 2.05) is 36.4 Å². The molecule has 0 spiro atoms. The maximum absolute atomic E-state index is 9.42. The van der Waals surface area contributed by atoms with Gasteiger partial charge in [0.1, 0.15) is 11.1 Å². The minimum atomic E-state index is 0.500. The molecule has 2 heterocycles. The highest BCUT2D eigenvalue weighted by Gasteiger charge is 2.16. The third-order valence-corrected chi connectivity index (χ3v) is 5.19. The number of thioether (sulfide) groups is 1. The highest BCUT2D eigenvalue weighted by molar-refractivity contribution is 7.98. The van der Waals surface area contributed by atoms with Crippen molar-refractivity contribution in [3.63, 3.8) is 0 Å². The average Bonchev–Trinajstić information content (AvgIpc) is 3.15. The molecule has 0 atom stereocenters. The fraction of sp³-hybridized carbons (Fsp3) is 0.263. The minimum absolute atomic E-state index is 0.500. The first-order valence-electron chi connectivity index (χ1n) is 8.27. The van der Waals surface area contributed by atoms with Crippen LogP contribution < -0.4 is 0 Å². The number of nitrogens with zero attached hydrogens (tertiary/aromatic N) is 4. The molecule has 0 saturated heterocycles. The molecule has 0 fully saturated rings. The van der Waals surface area contributed by atoms with Crippen molar-refractivity contribution in [2.24, 2.45) is 0 Å². The van der Waals surface area contributed by atoms with E-state index < -0.39 is 0 Å². The van der Waals surface area contributed by atoms with E-state index >= 15 is 0 Å². The Kier molecular flexibility index (Phi) is 4.49. The maximum Gasteiger partial charge on any atom is 0.237 e. The van der Waals surface area contributed by atoms with Crippen LogP contribution in [0.15, 0.2) is 45.9 Å². The van der Waals surface area contributed by atoms with E-state index in [-0.39, 0.29) is 0 Å². The minimum Gasteiger partial charge on any atom is -0.338 e. The molecule has 0 amide bonds. The van der Waals surface area contributed by atoms with Crippen LogP contribution in [0.1, 0.15) is 35.6 Å². The van der Waals surface area contributed by atoms with Crippen LogP contribution in [0.2, 0.25) is 0 Å². The van der Waals surface area contributed by atoms with Crippen molar-refractivity contribution in [2.45, 2.75) is 36.5 Å². The van der Waals surface area contributed by atoms with Crippen molar-refractivity contribution >= 4 is 11.8 Å². The Morgan fingerprint density at radius 2 is 1.96 bits per heavy atom. The molecule has 3 aromatic rings. The molecule has 0 bridgehead atoms. The second-order valence-corrected chi connectivity index (χ2v) is 6.90. The van der Waals surface area contributed by atoms with Crippen molar-refractivity contribution in [1.29, 1.82) is 5.26 Å². The molecule has 0 N–H and O–H groups in total. The van der Waals surface area contributed by atoms with Crippen molar-refractivity contribution in [1.82, 2.24) is 15.1 Å². The van der Waals surface area contributed by atoms with Crippen LogP contribution in [0.3, 0.4) is 0 Å². The van der Waals surface area contributed by atoms with Crippen molar-refractivity contribution in [3.8, 4) is 17.5 Å². The second-order valence-electron chi connectivity index (χ2n) is 5.93. The van der Waals surface area contributed by atoms with E-state index in [2.05, 4.69) is 16.2 Å². The zero-order valence-corrected chi connectivity index (χ0v) is 14.4. The summed E-state index contributed by atoms with van der Waals surface area (Å²) in [5, 5.41) is 14.2. The van der Waals surface area contributed by atoms with Crippen LogP contribution in [0.25, 0.3) is 11.4 Å². The Hall–Kier alpha value is -2.65. The number of hydrogen-bond donors (Lipinski definition) is 0. The summed E-state index contributed by atoms with van der Waals surface area (Å²) in [6.07, 6.45) is 4.36. The molecule has 6 heteroatoms. The first-order chi connectivity index (χ1) is 12.3. The fourth-order valence-electron chi connectivity index (χ4n) is 2.95. The number of benzene rings is 1. The molecule has 0 radical (unpaired) electrons. The lowest BCUT2D eigenvalue weighted by Crippen LogP contribution is -2.07. The van der Waals surface area contributed by atoms with E-state index in [0.717, 1.165) is 29.1 Å². The molecular formula is C19H16N4OS. The van der Waals surface area contributed by atoms with Gasteiger partial charge in [0.2, 0.25) is 11.7 Å². The van der Waals surface area contributed by atoms with Crippen LogP contribution >= 0.6 is 11.8 Å². The standard InChI is InChI=1S/C19H16N4OS/c20-11-15-10-14-8-4-5-9-16(14)21-19(15)25-12-17-22-18(23-24-17)13-6-2-1-3-7-13/h1-3,6-7,10H,4-5,8-9,12H2. The van der Waals surface area contributed by atoms with Gasteiger partial charge in [0, 0.05) is 11.3 Å². The number of pyridine rings is 1. The molecule has 1 aromatic carbocycles. The number of rotatable bonds is 4. The van der Waals surface area contributed by atoms with Gasteiger partial charge in [-0.25, -0.2) is 4.98 Å². The first kappa shape index (κ1) is 15.9. The van der Waals surface area contributed by atoms with Gasteiger partial charge >= 0.3 is 0 Å². The van der Waals surface area contributed by atoms with Crippen molar-refractivity contribution in [3.05, 3.63) is 59.1 Å². The van der Waals surface area contributed by atoms with Gasteiger partial charge in [0.05, 0.1) is 11.3 Å². The number of nitriles is 1. The fourth-order valence-corrected chi connectivity index (χ4v) is 3.77. The Morgan fingerprint density at radius 3 is 2.80 bits per heavy atom. The van der Waals surface area contributed by atoms with Crippen LogP contribution in [-0.2, 0) is 18.6 Å². The highest BCUT2D eigenvalue weighted by Crippen LogP contribution is 2.29. The van der Waals surface area contributed by atoms with Crippen LogP contribution in [0.5, 0.6) is 0 Å². The molecule has 2 aromatic heterocycles. The third kappa shape index (κ3) is 3.42. The summed E-state index contributed by atoms with van der Waals surface area (Å²) < 4.78 is 5.33. The van der Waals surface area contributed by atoms with Crippen molar-refractivity contribution < 1.29 is 4.52 Å². The van der Waals surface area contributed by atoms with Crippen LogP contribution in [0.4, 0.5) is 0 Å². The lowest BCUT2D eigenvalue weighted by Gasteiger charge is -2.16. The molecule has 1 aliphatic carbocycles. The monoisotopic (exact) mass is 348 g/mol. The van der Waals surface area contributed by atoms with Gasteiger partial charge in [-0.2, -0.15) is 10.2 Å².